The number of carboxylic acid groups (broad SMARTS) is 1. The molecule has 0 aliphatic rings. The van der Waals surface area contributed by atoms with E-state index in [9.17, 15) is 4.79 Å². The second kappa shape index (κ2) is 5.26. The van der Waals surface area contributed by atoms with Gasteiger partial charge in [0.1, 0.15) is 9.88 Å². The molecule has 1 aromatic carbocycles. The van der Waals surface area contributed by atoms with Crippen molar-refractivity contribution in [2.24, 2.45) is 0 Å². The van der Waals surface area contributed by atoms with Gasteiger partial charge in [-0.05, 0) is 24.6 Å². The SMILES string of the molecule is CCc1nc(-c2ccc(Cl)cc2Cl)sc1C(=O)O. The molecule has 0 atom stereocenters. The van der Waals surface area contributed by atoms with Gasteiger partial charge in [0.25, 0.3) is 0 Å². The second-order valence-corrected chi connectivity index (χ2v) is 5.42. The zero-order valence-electron chi connectivity index (χ0n) is 9.41. The van der Waals surface area contributed by atoms with E-state index >= 15 is 0 Å². The molecule has 0 radical (unpaired) electrons. The maximum atomic E-state index is 11.1. The molecule has 94 valence electrons. The number of hydrogen-bond donors (Lipinski definition) is 1. The predicted molar refractivity (Wildman–Crippen MR) is 73.9 cm³/mol. The van der Waals surface area contributed by atoms with Crippen molar-refractivity contribution < 1.29 is 9.90 Å². The molecule has 6 heteroatoms. The standard InChI is InChI=1S/C12H9Cl2NO2S/c1-2-9-10(12(16)17)18-11(15-9)7-4-3-6(13)5-8(7)14/h3-5H,2H2,1H3,(H,16,17). The van der Waals surface area contributed by atoms with Gasteiger partial charge in [-0.25, -0.2) is 9.78 Å². The summed E-state index contributed by atoms with van der Waals surface area (Å²) in [5, 5.41) is 10.7. The summed E-state index contributed by atoms with van der Waals surface area (Å²) in [6.45, 7) is 1.87. The maximum absolute atomic E-state index is 11.1. The number of aryl methyl sites for hydroxylation is 1. The quantitative estimate of drug-likeness (QED) is 0.915. The fourth-order valence-corrected chi connectivity index (χ4v) is 3.12. The molecular formula is C12H9Cl2NO2S. The number of halogens is 2. The second-order valence-electron chi connectivity index (χ2n) is 3.58. The minimum atomic E-state index is -0.958. The molecule has 0 aliphatic carbocycles. The lowest BCUT2D eigenvalue weighted by Crippen LogP contribution is -1.97. The molecule has 2 rings (SSSR count). The van der Waals surface area contributed by atoms with Crippen LogP contribution in [0.3, 0.4) is 0 Å². The molecule has 3 nitrogen and oxygen atoms in total. The van der Waals surface area contributed by atoms with Crippen LogP contribution in [0.25, 0.3) is 10.6 Å². The highest BCUT2D eigenvalue weighted by atomic mass is 35.5. The Balaban J connectivity index is 2.54. The first-order chi connectivity index (χ1) is 8.52. The number of thiazole rings is 1. The topological polar surface area (TPSA) is 50.2 Å². The molecule has 0 saturated heterocycles. The third kappa shape index (κ3) is 2.51. The van der Waals surface area contributed by atoms with E-state index in [0.717, 1.165) is 11.3 Å². The van der Waals surface area contributed by atoms with E-state index in [4.69, 9.17) is 28.3 Å². The van der Waals surface area contributed by atoms with Crippen molar-refractivity contribution in [2.75, 3.05) is 0 Å². The number of aromatic carboxylic acids is 1. The number of carbonyl (C=O) groups is 1. The Morgan fingerprint density at radius 1 is 1.44 bits per heavy atom. The van der Waals surface area contributed by atoms with Gasteiger partial charge in [0.15, 0.2) is 0 Å². The van der Waals surface area contributed by atoms with E-state index in [0.29, 0.717) is 32.7 Å². The van der Waals surface area contributed by atoms with E-state index in [2.05, 4.69) is 4.98 Å². The van der Waals surface area contributed by atoms with Crippen molar-refractivity contribution in [3.8, 4) is 10.6 Å². The van der Waals surface area contributed by atoms with Gasteiger partial charge in [0.2, 0.25) is 0 Å². The first-order valence-corrected chi connectivity index (χ1v) is 6.78. The average molecular weight is 302 g/mol. The molecule has 1 heterocycles. The van der Waals surface area contributed by atoms with Crippen LogP contribution in [0.15, 0.2) is 18.2 Å². The molecule has 0 saturated carbocycles. The van der Waals surface area contributed by atoms with Crippen LogP contribution >= 0.6 is 34.5 Å². The Kier molecular flexibility index (Phi) is 3.90. The van der Waals surface area contributed by atoms with E-state index in [1.54, 1.807) is 18.2 Å². The molecule has 0 amide bonds. The first kappa shape index (κ1) is 13.3. The fraction of sp³-hybridized carbons (Fsp3) is 0.167. The monoisotopic (exact) mass is 301 g/mol. The smallest absolute Gasteiger partial charge is 0.347 e. The van der Waals surface area contributed by atoms with Crippen molar-refractivity contribution in [1.29, 1.82) is 0 Å². The van der Waals surface area contributed by atoms with Crippen molar-refractivity contribution in [3.63, 3.8) is 0 Å². The normalized spacial score (nSPS) is 10.6. The summed E-state index contributed by atoms with van der Waals surface area (Å²) in [7, 11) is 0. The summed E-state index contributed by atoms with van der Waals surface area (Å²) in [6.07, 6.45) is 0.573. The Morgan fingerprint density at radius 3 is 2.67 bits per heavy atom. The summed E-state index contributed by atoms with van der Waals surface area (Å²) in [5.41, 5.74) is 1.28. The zero-order valence-corrected chi connectivity index (χ0v) is 11.7. The number of aromatic nitrogens is 1. The van der Waals surface area contributed by atoms with Gasteiger partial charge in [0.05, 0.1) is 10.7 Å². The summed E-state index contributed by atoms with van der Waals surface area (Å²) in [6, 6.07) is 5.07. The van der Waals surface area contributed by atoms with Crippen molar-refractivity contribution >= 4 is 40.5 Å². The van der Waals surface area contributed by atoms with Gasteiger partial charge in [-0.3, -0.25) is 0 Å². The van der Waals surface area contributed by atoms with Gasteiger partial charge in [-0.2, -0.15) is 0 Å². The molecule has 0 fully saturated rings. The molecule has 2 aromatic rings. The maximum Gasteiger partial charge on any atom is 0.347 e. The van der Waals surface area contributed by atoms with E-state index in [1.165, 1.54) is 0 Å². The number of hydrogen-bond acceptors (Lipinski definition) is 3. The number of benzene rings is 1. The fourth-order valence-electron chi connectivity index (χ4n) is 1.54. The van der Waals surface area contributed by atoms with Gasteiger partial charge in [-0.15, -0.1) is 11.3 Å². The number of rotatable bonds is 3. The third-order valence-electron chi connectivity index (χ3n) is 2.39. The highest BCUT2D eigenvalue weighted by Gasteiger charge is 2.18. The summed E-state index contributed by atoms with van der Waals surface area (Å²) < 4.78 is 0. The molecule has 0 spiro atoms. The van der Waals surface area contributed by atoms with E-state index in [-0.39, 0.29) is 4.88 Å². The molecule has 0 unspecified atom stereocenters. The molecular weight excluding hydrogens is 293 g/mol. The van der Waals surface area contributed by atoms with Crippen molar-refractivity contribution in [1.82, 2.24) is 4.98 Å². The lowest BCUT2D eigenvalue weighted by molar-refractivity contribution is 0.0701. The summed E-state index contributed by atoms with van der Waals surface area (Å²) in [5.74, 6) is -0.958. The summed E-state index contributed by atoms with van der Waals surface area (Å²) in [4.78, 5) is 15.7. The third-order valence-corrected chi connectivity index (χ3v) is 4.05. The molecule has 0 bridgehead atoms. The van der Waals surface area contributed by atoms with Crippen molar-refractivity contribution in [2.45, 2.75) is 13.3 Å². The lowest BCUT2D eigenvalue weighted by atomic mass is 10.2. The molecule has 0 aliphatic heterocycles. The predicted octanol–water partition coefficient (Wildman–Crippen LogP) is 4.38. The molecule has 1 N–H and O–H groups in total. The van der Waals surface area contributed by atoms with Gasteiger partial charge >= 0.3 is 5.97 Å². The Morgan fingerprint density at radius 2 is 2.17 bits per heavy atom. The first-order valence-electron chi connectivity index (χ1n) is 5.21. The minimum absolute atomic E-state index is 0.263. The Hall–Kier alpha value is -1.10. The van der Waals surface area contributed by atoms with E-state index in [1.807, 2.05) is 6.92 Å². The van der Waals surface area contributed by atoms with Crippen molar-refractivity contribution in [3.05, 3.63) is 38.8 Å². The summed E-state index contributed by atoms with van der Waals surface area (Å²) >= 11 is 13.0. The Labute approximate surface area is 118 Å². The van der Waals surface area contributed by atoms with Crippen LogP contribution in [0.4, 0.5) is 0 Å². The highest BCUT2D eigenvalue weighted by Crippen LogP contribution is 2.34. The van der Waals surface area contributed by atoms with E-state index < -0.39 is 5.97 Å². The van der Waals surface area contributed by atoms with Crippen LogP contribution in [0.2, 0.25) is 10.0 Å². The van der Waals surface area contributed by atoms with Crippen LogP contribution < -0.4 is 0 Å². The molecule has 1 aromatic heterocycles. The largest absolute Gasteiger partial charge is 0.477 e. The van der Waals surface area contributed by atoms with Crippen LogP contribution in [0, 0.1) is 0 Å². The zero-order chi connectivity index (χ0) is 13.3. The van der Waals surface area contributed by atoms with Crippen LogP contribution in [0.1, 0.15) is 22.3 Å². The Bertz CT molecular complexity index is 610. The minimum Gasteiger partial charge on any atom is -0.477 e. The lowest BCUT2D eigenvalue weighted by Gasteiger charge is -2.00. The number of carboxylic acids is 1. The van der Waals surface area contributed by atoms with Gasteiger partial charge in [0, 0.05) is 10.6 Å². The average Bonchev–Trinajstić information content (AvgIpc) is 2.73. The van der Waals surface area contributed by atoms with Crippen LogP contribution in [-0.2, 0) is 6.42 Å². The van der Waals surface area contributed by atoms with Crippen LogP contribution in [0.5, 0.6) is 0 Å². The van der Waals surface area contributed by atoms with Gasteiger partial charge < -0.3 is 5.11 Å². The molecule has 18 heavy (non-hydrogen) atoms. The number of nitrogens with zero attached hydrogens (tertiary/aromatic N) is 1. The van der Waals surface area contributed by atoms with Crippen LogP contribution in [-0.4, -0.2) is 16.1 Å². The van der Waals surface area contributed by atoms with Gasteiger partial charge in [-0.1, -0.05) is 30.1 Å². The highest BCUT2D eigenvalue weighted by molar-refractivity contribution is 7.17.